The van der Waals surface area contributed by atoms with Crippen LogP contribution in [0.2, 0.25) is 0 Å². The molecular formula is C5H2N3. The van der Waals surface area contributed by atoms with Gasteiger partial charge < -0.3 is 0 Å². The van der Waals surface area contributed by atoms with Crippen LogP contribution in [0.3, 0.4) is 0 Å². The van der Waals surface area contributed by atoms with Crippen molar-refractivity contribution < 1.29 is 0 Å². The molecule has 0 aromatic carbocycles. The van der Waals surface area contributed by atoms with Gasteiger partial charge in [0, 0.05) is 12.3 Å². The minimum atomic E-state index is 0.278. The van der Waals surface area contributed by atoms with E-state index >= 15 is 0 Å². The molecule has 1 rings (SSSR count). The molecule has 0 unspecified atom stereocenters. The van der Waals surface area contributed by atoms with Gasteiger partial charge in [-0.15, -0.1) is 0 Å². The molecule has 0 bridgehead atoms. The molecule has 0 spiro atoms. The summed E-state index contributed by atoms with van der Waals surface area (Å²) in [5, 5.41) is 8.17. The van der Waals surface area contributed by atoms with Crippen LogP contribution >= 0.6 is 0 Å². The highest BCUT2D eigenvalue weighted by atomic mass is 14.8. The first-order valence-electron chi connectivity index (χ1n) is 2.01. The molecule has 3 heteroatoms. The maximum Gasteiger partial charge on any atom is 0.151 e. The molecule has 0 aliphatic rings. The van der Waals surface area contributed by atoms with Gasteiger partial charge in [-0.3, -0.25) is 0 Å². The molecular weight excluding hydrogens is 102 g/mol. The summed E-state index contributed by atoms with van der Waals surface area (Å²) in [7, 11) is 0. The van der Waals surface area contributed by atoms with Crippen LogP contribution in [0.1, 0.15) is 5.69 Å². The smallest absolute Gasteiger partial charge is 0.151 e. The van der Waals surface area contributed by atoms with Gasteiger partial charge in [0.15, 0.2) is 5.69 Å². The zero-order chi connectivity index (χ0) is 5.82. The molecule has 0 aliphatic heterocycles. The van der Waals surface area contributed by atoms with Crippen LogP contribution in [-0.2, 0) is 0 Å². The lowest BCUT2D eigenvalue weighted by Crippen LogP contribution is -1.80. The van der Waals surface area contributed by atoms with E-state index in [1.807, 2.05) is 6.07 Å². The highest BCUT2D eigenvalue weighted by Crippen LogP contribution is 1.82. The van der Waals surface area contributed by atoms with E-state index in [1.54, 1.807) is 0 Å². The number of hydrogen-bond acceptors (Lipinski definition) is 3. The summed E-state index contributed by atoms with van der Waals surface area (Å²) in [6, 6.07) is 4.36. The summed E-state index contributed by atoms with van der Waals surface area (Å²) in [6.07, 6.45) is 2.72. The Bertz CT molecular complexity index is 199. The molecule has 0 atom stereocenters. The van der Waals surface area contributed by atoms with Crippen molar-refractivity contribution in [3.63, 3.8) is 0 Å². The summed E-state index contributed by atoms with van der Waals surface area (Å²) in [4.78, 5) is 7.14. The van der Waals surface area contributed by atoms with Crippen molar-refractivity contribution in [1.29, 1.82) is 5.26 Å². The van der Waals surface area contributed by atoms with Gasteiger partial charge in [-0.05, 0) is 0 Å². The van der Waals surface area contributed by atoms with Crippen LogP contribution in [0.15, 0.2) is 12.5 Å². The van der Waals surface area contributed by atoms with Crippen molar-refractivity contribution >= 4 is 0 Å². The average molecular weight is 104 g/mol. The highest BCUT2D eigenvalue weighted by molar-refractivity contribution is 5.14. The molecule has 0 saturated heterocycles. The molecule has 0 saturated carbocycles. The lowest BCUT2D eigenvalue weighted by molar-refractivity contribution is 1.13. The van der Waals surface area contributed by atoms with Crippen LogP contribution in [0.4, 0.5) is 0 Å². The fourth-order valence-corrected chi connectivity index (χ4v) is 0.321. The average Bonchev–Trinajstić information content (AvgIpc) is 1.90. The second-order valence-electron chi connectivity index (χ2n) is 1.13. The standard InChI is InChI=1S/C5H2N3/c6-3-5-1-2-7-4-8-5/h2,4H. The van der Waals surface area contributed by atoms with Gasteiger partial charge in [0.1, 0.15) is 12.4 Å². The van der Waals surface area contributed by atoms with Crippen molar-refractivity contribution in [3.8, 4) is 6.07 Å². The van der Waals surface area contributed by atoms with Crippen molar-refractivity contribution in [2.24, 2.45) is 0 Å². The molecule has 0 aliphatic carbocycles. The molecule has 1 radical (unpaired) electrons. The van der Waals surface area contributed by atoms with E-state index < -0.39 is 0 Å². The Morgan fingerprint density at radius 3 is 3.00 bits per heavy atom. The molecule has 1 aromatic heterocycles. The fourth-order valence-electron chi connectivity index (χ4n) is 0.321. The number of nitrogens with zero attached hydrogens (tertiary/aromatic N) is 3. The third kappa shape index (κ3) is 0.793. The van der Waals surface area contributed by atoms with E-state index in [-0.39, 0.29) is 5.69 Å². The van der Waals surface area contributed by atoms with Crippen molar-refractivity contribution in [3.05, 3.63) is 24.3 Å². The lowest BCUT2D eigenvalue weighted by atomic mass is 10.5. The van der Waals surface area contributed by atoms with E-state index in [1.165, 1.54) is 12.5 Å². The molecule has 1 aromatic rings. The SMILES string of the molecule is N#Cc1[c]cncn1. The van der Waals surface area contributed by atoms with Crippen LogP contribution < -0.4 is 0 Å². The van der Waals surface area contributed by atoms with Gasteiger partial charge in [0.2, 0.25) is 0 Å². The molecule has 3 nitrogen and oxygen atoms in total. The Balaban J connectivity index is 3.05. The zero-order valence-electron chi connectivity index (χ0n) is 4.00. The Kier molecular flexibility index (Phi) is 1.20. The van der Waals surface area contributed by atoms with Gasteiger partial charge in [-0.1, -0.05) is 0 Å². The van der Waals surface area contributed by atoms with Crippen LogP contribution in [0, 0.1) is 17.4 Å². The summed E-state index contributed by atoms with van der Waals surface area (Å²) < 4.78 is 0. The van der Waals surface area contributed by atoms with Gasteiger partial charge in [0.05, 0.1) is 0 Å². The van der Waals surface area contributed by atoms with E-state index in [9.17, 15) is 0 Å². The van der Waals surface area contributed by atoms with Gasteiger partial charge >= 0.3 is 0 Å². The first-order valence-corrected chi connectivity index (χ1v) is 2.01. The Morgan fingerprint density at radius 1 is 1.75 bits per heavy atom. The fraction of sp³-hybridized carbons (Fsp3) is 0. The predicted octanol–water partition coefficient (Wildman–Crippen LogP) is 0.148. The topological polar surface area (TPSA) is 49.6 Å². The molecule has 37 valence electrons. The Labute approximate surface area is 46.6 Å². The Morgan fingerprint density at radius 2 is 2.62 bits per heavy atom. The van der Waals surface area contributed by atoms with Gasteiger partial charge in [0.25, 0.3) is 0 Å². The molecule has 1 heterocycles. The maximum absolute atomic E-state index is 8.17. The van der Waals surface area contributed by atoms with Crippen LogP contribution in [0.25, 0.3) is 0 Å². The summed E-state index contributed by atoms with van der Waals surface area (Å²) >= 11 is 0. The molecule has 0 fully saturated rings. The maximum atomic E-state index is 8.17. The normalized spacial score (nSPS) is 7.88. The van der Waals surface area contributed by atoms with Crippen molar-refractivity contribution in [2.45, 2.75) is 0 Å². The monoisotopic (exact) mass is 104 g/mol. The van der Waals surface area contributed by atoms with Crippen molar-refractivity contribution in [2.75, 3.05) is 0 Å². The summed E-state index contributed by atoms with van der Waals surface area (Å²) in [5.41, 5.74) is 0.278. The first-order chi connectivity index (χ1) is 3.93. The van der Waals surface area contributed by atoms with Gasteiger partial charge in [-0.2, -0.15) is 5.26 Å². The highest BCUT2D eigenvalue weighted by Gasteiger charge is 1.83. The van der Waals surface area contributed by atoms with Crippen molar-refractivity contribution in [1.82, 2.24) is 9.97 Å². The largest absolute Gasteiger partial charge is 0.244 e. The third-order valence-corrected chi connectivity index (χ3v) is 0.635. The molecule has 8 heavy (non-hydrogen) atoms. The second-order valence-corrected chi connectivity index (χ2v) is 1.13. The number of rotatable bonds is 0. The second kappa shape index (κ2) is 2.03. The quantitative estimate of drug-likeness (QED) is 0.470. The first kappa shape index (κ1) is 4.72. The lowest BCUT2D eigenvalue weighted by Gasteiger charge is -1.78. The predicted molar refractivity (Wildman–Crippen MR) is 25.6 cm³/mol. The summed E-state index contributed by atoms with van der Waals surface area (Å²) in [5.74, 6) is 0. The third-order valence-electron chi connectivity index (χ3n) is 0.635. The van der Waals surface area contributed by atoms with Crippen LogP contribution in [-0.4, -0.2) is 9.97 Å². The zero-order valence-corrected chi connectivity index (χ0v) is 4.00. The van der Waals surface area contributed by atoms with E-state index in [2.05, 4.69) is 16.0 Å². The molecule has 0 amide bonds. The van der Waals surface area contributed by atoms with Gasteiger partial charge in [-0.25, -0.2) is 9.97 Å². The Hall–Kier alpha value is -1.43. The minimum absolute atomic E-state index is 0.278. The van der Waals surface area contributed by atoms with E-state index in [0.717, 1.165) is 0 Å². The summed E-state index contributed by atoms with van der Waals surface area (Å²) in [6.45, 7) is 0. The van der Waals surface area contributed by atoms with E-state index in [0.29, 0.717) is 0 Å². The number of nitriles is 1. The molecule has 0 N–H and O–H groups in total. The number of hydrogen-bond donors (Lipinski definition) is 0. The number of aromatic nitrogens is 2. The van der Waals surface area contributed by atoms with Crippen LogP contribution in [0.5, 0.6) is 0 Å². The minimum Gasteiger partial charge on any atom is -0.244 e. The van der Waals surface area contributed by atoms with E-state index in [4.69, 9.17) is 5.26 Å².